The maximum Gasteiger partial charge on any atom is 0.313 e. The topological polar surface area (TPSA) is 77.1 Å². The minimum absolute atomic E-state index is 0.409. The van der Waals surface area contributed by atoms with Crippen molar-refractivity contribution in [2.24, 2.45) is 5.92 Å². The number of hydrogen-bond acceptors (Lipinski definition) is 5. The van der Waals surface area contributed by atoms with E-state index in [0.29, 0.717) is 41.9 Å². The van der Waals surface area contributed by atoms with Crippen LogP contribution in [0.4, 0.5) is 5.69 Å². The average Bonchev–Trinajstić information content (AvgIpc) is 2.59. The first-order chi connectivity index (χ1) is 11.5. The minimum Gasteiger partial charge on any atom is -0.493 e. The molecule has 0 aromatic heterocycles. The third-order valence-corrected chi connectivity index (χ3v) is 4.06. The molecular weight excluding hydrogens is 312 g/mol. The molecule has 1 N–H and O–H groups in total. The number of nitrogens with zero attached hydrogens (tertiary/aromatic N) is 1. The molecule has 7 heteroatoms. The third-order valence-electron chi connectivity index (χ3n) is 4.06. The number of amides is 2. The molecule has 1 aromatic rings. The molecule has 0 saturated carbocycles. The fraction of sp³-hybridized carbons (Fsp3) is 0.529. The second-order valence-electron chi connectivity index (χ2n) is 5.87. The Morgan fingerprint density at radius 3 is 2.25 bits per heavy atom. The second-order valence-corrected chi connectivity index (χ2v) is 5.87. The molecule has 1 saturated heterocycles. The van der Waals surface area contributed by atoms with Crippen LogP contribution in [0.2, 0.25) is 0 Å². The number of ether oxygens (including phenoxy) is 3. The van der Waals surface area contributed by atoms with Crippen molar-refractivity contribution in [1.29, 1.82) is 0 Å². The molecule has 1 aromatic carbocycles. The van der Waals surface area contributed by atoms with Crippen molar-refractivity contribution in [2.45, 2.75) is 19.8 Å². The number of anilines is 1. The molecule has 0 spiro atoms. The summed E-state index contributed by atoms with van der Waals surface area (Å²) in [6.45, 7) is 3.31. The minimum atomic E-state index is -0.668. The predicted octanol–water partition coefficient (Wildman–Crippen LogP) is 1.91. The number of methoxy groups -OCH3 is 3. The highest BCUT2D eigenvalue weighted by molar-refractivity contribution is 6.39. The monoisotopic (exact) mass is 336 g/mol. The number of likely N-dealkylation sites (tertiary alicyclic amines) is 1. The Hall–Kier alpha value is -2.44. The van der Waals surface area contributed by atoms with Crippen molar-refractivity contribution in [3.8, 4) is 17.2 Å². The third kappa shape index (κ3) is 3.90. The summed E-state index contributed by atoms with van der Waals surface area (Å²) < 4.78 is 15.7. The molecule has 1 unspecified atom stereocenters. The van der Waals surface area contributed by atoms with Crippen molar-refractivity contribution in [1.82, 2.24) is 4.90 Å². The summed E-state index contributed by atoms with van der Waals surface area (Å²) >= 11 is 0. The predicted molar refractivity (Wildman–Crippen MR) is 89.7 cm³/mol. The Morgan fingerprint density at radius 1 is 1.12 bits per heavy atom. The highest BCUT2D eigenvalue weighted by Crippen LogP contribution is 2.39. The van der Waals surface area contributed by atoms with E-state index in [2.05, 4.69) is 12.2 Å². The van der Waals surface area contributed by atoms with Crippen LogP contribution in [-0.4, -0.2) is 51.1 Å². The van der Waals surface area contributed by atoms with Crippen molar-refractivity contribution >= 4 is 17.5 Å². The molecule has 0 bridgehead atoms. The van der Waals surface area contributed by atoms with Crippen molar-refractivity contribution in [2.75, 3.05) is 39.7 Å². The number of carbonyl (C=O) groups is 2. The van der Waals surface area contributed by atoms with E-state index >= 15 is 0 Å². The first-order valence-electron chi connectivity index (χ1n) is 7.90. The molecule has 1 aliphatic heterocycles. The fourth-order valence-electron chi connectivity index (χ4n) is 2.86. The second kappa shape index (κ2) is 7.90. The van der Waals surface area contributed by atoms with Crippen molar-refractivity contribution in [3.63, 3.8) is 0 Å². The SMILES string of the molecule is COc1cc(NC(=O)C(=O)N2CCCC(C)C2)cc(OC)c1OC. The van der Waals surface area contributed by atoms with E-state index in [1.54, 1.807) is 17.0 Å². The van der Waals surface area contributed by atoms with Gasteiger partial charge in [0.2, 0.25) is 5.75 Å². The van der Waals surface area contributed by atoms with Gasteiger partial charge in [0.25, 0.3) is 0 Å². The van der Waals surface area contributed by atoms with Crippen molar-refractivity contribution < 1.29 is 23.8 Å². The van der Waals surface area contributed by atoms with Crippen LogP contribution in [-0.2, 0) is 9.59 Å². The van der Waals surface area contributed by atoms with E-state index in [1.807, 2.05) is 0 Å². The lowest BCUT2D eigenvalue weighted by Gasteiger charge is -2.30. The highest BCUT2D eigenvalue weighted by atomic mass is 16.5. The van der Waals surface area contributed by atoms with Crippen LogP contribution in [0.5, 0.6) is 17.2 Å². The molecule has 2 rings (SSSR count). The van der Waals surface area contributed by atoms with Gasteiger partial charge in [0.1, 0.15) is 0 Å². The smallest absolute Gasteiger partial charge is 0.313 e. The fourth-order valence-corrected chi connectivity index (χ4v) is 2.86. The van der Waals surface area contributed by atoms with Crippen LogP contribution < -0.4 is 19.5 Å². The van der Waals surface area contributed by atoms with Gasteiger partial charge < -0.3 is 24.4 Å². The van der Waals surface area contributed by atoms with Crippen LogP contribution in [0, 0.1) is 5.92 Å². The van der Waals surface area contributed by atoms with Crippen LogP contribution in [0.3, 0.4) is 0 Å². The van der Waals surface area contributed by atoms with Gasteiger partial charge in [0.05, 0.1) is 21.3 Å². The number of carbonyl (C=O) groups excluding carboxylic acids is 2. The lowest BCUT2D eigenvalue weighted by atomic mass is 10.0. The van der Waals surface area contributed by atoms with Gasteiger partial charge >= 0.3 is 11.8 Å². The summed E-state index contributed by atoms with van der Waals surface area (Å²) in [5, 5.41) is 2.61. The first kappa shape index (κ1) is 17.9. The van der Waals surface area contributed by atoms with E-state index in [4.69, 9.17) is 14.2 Å². The van der Waals surface area contributed by atoms with E-state index < -0.39 is 11.8 Å². The van der Waals surface area contributed by atoms with Crippen LogP contribution in [0.1, 0.15) is 19.8 Å². The summed E-state index contributed by atoms with van der Waals surface area (Å²) in [4.78, 5) is 26.2. The van der Waals surface area contributed by atoms with Gasteiger partial charge in [-0.15, -0.1) is 0 Å². The molecule has 7 nitrogen and oxygen atoms in total. The molecule has 1 fully saturated rings. The van der Waals surface area contributed by atoms with Gasteiger partial charge in [0, 0.05) is 30.9 Å². The largest absolute Gasteiger partial charge is 0.493 e. The Morgan fingerprint density at radius 2 is 1.75 bits per heavy atom. The Bertz CT molecular complexity index is 592. The molecule has 2 amide bonds. The Labute approximate surface area is 141 Å². The maximum absolute atomic E-state index is 12.3. The van der Waals surface area contributed by atoms with Crippen LogP contribution >= 0.6 is 0 Å². The zero-order valence-electron chi connectivity index (χ0n) is 14.5. The summed E-state index contributed by atoms with van der Waals surface area (Å²) in [6, 6.07) is 3.18. The van der Waals surface area contributed by atoms with E-state index in [1.165, 1.54) is 21.3 Å². The van der Waals surface area contributed by atoms with Gasteiger partial charge in [-0.2, -0.15) is 0 Å². The molecule has 1 aliphatic rings. The molecule has 132 valence electrons. The summed E-state index contributed by atoms with van der Waals surface area (Å²) in [5.41, 5.74) is 0.410. The summed E-state index contributed by atoms with van der Waals surface area (Å²) in [6.07, 6.45) is 2.00. The number of benzene rings is 1. The molecule has 1 atom stereocenters. The quantitative estimate of drug-likeness (QED) is 0.850. The van der Waals surface area contributed by atoms with Gasteiger partial charge in [-0.1, -0.05) is 6.92 Å². The first-order valence-corrected chi connectivity index (χ1v) is 7.90. The number of hydrogen-bond donors (Lipinski definition) is 1. The van der Waals surface area contributed by atoms with Gasteiger partial charge in [-0.05, 0) is 18.8 Å². The molecule has 24 heavy (non-hydrogen) atoms. The molecule has 1 heterocycles. The highest BCUT2D eigenvalue weighted by Gasteiger charge is 2.26. The zero-order valence-corrected chi connectivity index (χ0v) is 14.5. The summed E-state index contributed by atoms with van der Waals surface area (Å²) in [7, 11) is 4.48. The Balaban J connectivity index is 2.14. The molecule has 0 aliphatic carbocycles. The normalized spacial score (nSPS) is 17.2. The molecule has 0 radical (unpaired) electrons. The number of nitrogens with one attached hydrogen (secondary N) is 1. The van der Waals surface area contributed by atoms with Gasteiger partial charge in [-0.3, -0.25) is 9.59 Å². The van der Waals surface area contributed by atoms with E-state index in [0.717, 1.165) is 12.8 Å². The van der Waals surface area contributed by atoms with Gasteiger partial charge in [0.15, 0.2) is 11.5 Å². The zero-order chi connectivity index (χ0) is 17.7. The van der Waals surface area contributed by atoms with Crippen molar-refractivity contribution in [3.05, 3.63) is 12.1 Å². The van der Waals surface area contributed by atoms with Gasteiger partial charge in [-0.25, -0.2) is 0 Å². The number of piperidine rings is 1. The summed E-state index contributed by atoms with van der Waals surface area (Å²) in [5.74, 6) is 0.469. The van der Waals surface area contributed by atoms with Crippen LogP contribution in [0.15, 0.2) is 12.1 Å². The lowest BCUT2D eigenvalue weighted by Crippen LogP contribution is -2.44. The van der Waals surface area contributed by atoms with E-state index in [9.17, 15) is 9.59 Å². The standard InChI is InChI=1S/C17H24N2O5/c1-11-6-5-7-19(10-11)17(21)16(20)18-12-8-13(22-2)15(24-4)14(9-12)23-3/h8-9,11H,5-7,10H2,1-4H3,(H,18,20). The lowest BCUT2D eigenvalue weighted by molar-refractivity contribution is -0.144. The average molecular weight is 336 g/mol. The maximum atomic E-state index is 12.3. The Kier molecular flexibility index (Phi) is 5.89. The number of rotatable bonds is 4. The van der Waals surface area contributed by atoms with Crippen LogP contribution in [0.25, 0.3) is 0 Å². The van der Waals surface area contributed by atoms with E-state index in [-0.39, 0.29) is 0 Å². The molecular formula is C17H24N2O5.